The SMILES string of the molecule is COC(=O)CC1c2ccccc2C(=O)N(C)c2cc(C(=O)NCCCNc3ccccn3)ccc21. The number of aromatic nitrogens is 1. The highest BCUT2D eigenvalue weighted by Gasteiger charge is 2.32. The maximum Gasteiger partial charge on any atom is 0.306 e. The Morgan fingerprint density at radius 3 is 2.60 bits per heavy atom. The Bertz CT molecular complexity index is 1230. The first kappa shape index (κ1) is 23.9. The van der Waals surface area contributed by atoms with Gasteiger partial charge in [-0.2, -0.15) is 0 Å². The van der Waals surface area contributed by atoms with Crippen molar-refractivity contribution in [3.8, 4) is 0 Å². The molecule has 8 nitrogen and oxygen atoms in total. The van der Waals surface area contributed by atoms with Crippen LogP contribution in [-0.4, -0.2) is 50.0 Å². The monoisotopic (exact) mass is 472 g/mol. The molecule has 0 spiro atoms. The van der Waals surface area contributed by atoms with Crippen molar-refractivity contribution in [2.75, 3.05) is 37.5 Å². The molecule has 1 atom stereocenters. The largest absolute Gasteiger partial charge is 0.469 e. The van der Waals surface area contributed by atoms with Crippen LogP contribution in [0.15, 0.2) is 66.9 Å². The summed E-state index contributed by atoms with van der Waals surface area (Å²) in [6, 6.07) is 18.2. The van der Waals surface area contributed by atoms with Gasteiger partial charge >= 0.3 is 5.97 Å². The Morgan fingerprint density at radius 1 is 1.03 bits per heavy atom. The smallest absolute Gasteiger partial charge is 0.306 e. The molecule has 4 rings (SSSR count). The summed E-state index contributed by atoms with van der Waals surface area (Å²) in [6.07, 6.45) is 2.54. The van der Waals surface area contributed by atoms with Crippen LogP contribution in [-0.2, 0) is 9.53 Å². The van der Waals surface area contributed by atoms with Crippen LogP contribution < -0.4 is 15.5 Å². The highest BCUT2D eigenvalue weighted by atomic mass is 16.5. The van der Waals surface area contributed by atoms with Crippen LogP contribution >= 0.6 is 0 Å². The van der Waals surface area contributed by atoms with Crippen LogP contribution in [0.3, 0.4) is 0 Å². The molecule has 0 radical (unpaired) electrons. The number of rotatable bonds is 8. The van der Waals surface area contributed by atoms with Gasteiger partial charge in [-0.25, -0.2) is 4.98 Å². The van der Waals surface area contributed by atoms with E-state index in [2.05, 4.69) is 15.6 Å². The molecule has 2 amide bonds. The highest BCUT2D eigenvalue weighted by molar-refractivity contribution is 6.09. The normalized spacial score (nSPS) is 14.4. The highest BCUT2D eigenvalue weighted by Crippen LogP contribution is 2.40. The summed E-state index contributed by atoms with van der Waals surface area (Å²) in [4.78, 5) is 44.0. The summed E-state index contributed by atoms with van der Waals surface area (Å²) >= 11 is 0. The number of methoxy groups -OCH3 is 1. The number of benzene rings is 2. The molecule has 0 aliphatic carbocycles. The molecular formula is C27H28N4O4. The summed E-state index contributed by atoms with van der Waals surface area (Å²) in [5, 5.41) is 6.13. The van der Waals surface area contributed by atoms with Gasteiger partial charge in [0.25, 0.3) is 11.8 Å². The minimum atomic E-state index is -0.367. The van der Waals surface area contributed by atoms with Gasteiger partial charge in [0.15, 0.2) is 0 Å². The van der Waals surface area contributed by atoms with Crippen molar-refractivity contribution >= 4 is 29.3 Å². The van der Waals surface area contributed by atoms with Gasteiger partial charge in [0.2, 0.25) is 0 Å². The van der Waals surface area contributed by atoms with Crippen LogP contribution in [0.4, 0.5) is 11.5 Å². The van der Waals surface area contributed by atoms with Crippen molar-refractivity contribution in [2.24, 2.45) is 0 Å². The van der Waals surface area contributed by atoms with Crippen LogP contribution in [0.5, 0.6) is 0 Å². The lowest BCUT2D eigenvalue weighted by atomic mass is 9.85. The van der Waals surface area contributed by atoms with E-state index in [0.29, 0.717) is 29.9 Å². The molecule has 1 aliphatic rings. The van der Waals surface area contributed by atoms with Crippen molar-refractivity contribution in [1.82, 2.24) is 10.3 Å². The van der Waals surface area contributed by atoms with Gasteiger partial charge in [0, 0.05) is 49.1 Å². The number of nitrogens with one attached hydrogen (secondary N) is 2. The summed E-state index contributed by atoms with van der Waals surface area (Å²) in [7, 11) is 3.03. The Hall–Kier alpha value is -4.20. The van der Waals surface area contributed by atoms with E-state index in [4.69, 9.17) is 4.74 Å². The molecule has 2 heterocycles. The van der Waals surface area contributed by atoms with Crippen LogP contribution in [0, 0.1) is 0 Å². The fourth-order valence-electron chi connectivity index (χ4n) is 4.27. The third kappa shape index (κ3) is 5.32. The molecule has 2 N–H and O–H groups in total. The van der Waals surface area contributed by atoms with E-state index in [1.807, 2.05) is 36.4 Å². The second kappa shape index (κ2) is 10.8. The average molecular weight is 473 g/mol. The number of hydrogen-bond acceptors (Lipinski definition) is 6. The summed E-state index contributed by atoms with van der Waals surface area (Å²) in [5.41, 5.74) is 3.15. The summed E-state index contributed by atoms with van der Waals surface area (Å²) in [5.74, 6) is -0.351. The quantitative estimate of drug-likeness (QED) is 0.384. The van der Waals surface area contributed by atoms with Crippen molar-refractivity contribution in [3.05, 3.63) is 89.1 Å². The summed E-state index contributed by atoms with van der Waals surface area (Å²) < 4.78 is 4.92. The number of ether oxygens (including phenoxy) is 1. The van der Waals surface area contributed by atoms with Gasteiger partial charge in [-0.3, -0.25) is 14.4 Å². The van der Waals surface area contributed by atoms with E-state index in [-0.39, 0.29) is 30.1 Å². The number of fused-ring (bicyclic) bond motifs is 2. The second-order valence-electron chi connectivity index (χ2n) is 8.31. The second-order valence-corrected chi connectivity index (χ2v) is 8.31. The van der Waals surface area contributed by atoms with Gasteiger partial charge < -0.3 is 20.3 Å². The minimum Gasteiger partial charge on any atom is -0.469 e. The van der Waals surface area contributed by atoms with Crippen LogP contribution in [0.1, 0.15) is 50.6 Å². The molecule has 0 saturated heterocycles. The number of anilines is 2. The number of carbonyl (C=O) groups excluding carboxylic acids is 3. The Kier molecular flexibility index (Phi) is 7.40. The van der Waals surface area contributed by atoms with Crippen molar-refractivity contribution in [2.45, 2.75) is 18.8 Å². The number of nitrogens with zero attached hydrogens (tertiary/aromatic N) is 2. The third-order valence-electron chi connectivity index (χ3n) is 6.11. The lowest BCUT2D eigenvalue weighted by molar-refractivity contribution is -0.140. The molecule has 8 heteroatoms. The minimum absolute atomic E-state index is 0.0937. The maximum atomic E-state index is 13.2. The number of esters is 1. The van der Waals surface area contributed by atoms with Crippen molar-refractivity contribution in [1.29, 1.82) is 0 Å². The Labute approximate surface area is 204 Å². The van der Waals surface area contributed by atoms with Crippen molar-refractivity contribution in [3.63, 3.8) is 0 Å². The van der Waals surface area contributed by atoms with Crippen LogP contribution in [0.25, 0.3) is 0 Å². The van der Waals surface area contributed by atoms with E-state index in [9.17, 15) is 14.4 Å². The molecule has 1 unspecified atom stereocenters. The molecule has 0 bridgehead atoms. The topological polar surface area (TPSA) is 101 Å². The van der Waals surface area contributed by atoms with Gasteiger partial charge in [-0.05, 0) is 47.9 Å². The van der Waals surface area contributed by atoms with Gasteiger partial charge in [0.05, 0.1) is 13.5 Å². The van der Waals surface area contributed by atoms with E-state index >= 15 is 0 Å². The van der Waals surface area contributed by atoms with Crippen molar-refractivity contribution < 1.29 is 19.1 Å². The van der Waals surface area contributed by atoms with E-state index < -0.39 is 0 Å². The lowest BCUT2D eigenvalue weighted by Crippen LogP contribution is -2.28. The first-order valence-corrected chi connectivity index (χ1v) is 11.5. The van der Waals surface area contributed by atoms with Gasteiger partial charge in [0.1, 0.15) is 5.82 Å². The predicted octanol–water partition coefficient (Wildman–Crippen LogP) is 3.60. The van der Waals surface area contributed by atoms with E-state index in [1.165, 1.54) is 7.11 Å². The van der Waals surface area contributed by atoms with E-state index in [0.717, 1.165) is 23.4 Å². The average Bonchev–Trinajstić information content (AvgIpc) is 2.98. The fraction of sp³-hybridized carbons (Fsp3) is 0.259. The molecule has 1 aliphatic heterocycles. The van der Waals surface area contributed by atoms with Crippen LogP contribution in [0.2, 0.25) is 0 Å². The number of hydrogen-bond donors (Lipinski definition) is 2. The molecular weight excluding hydrogens is 444 g/mol. The molecule has 180 valence electrons. The third-order valence-corrected chi connectivity index (χ3v) is 6.11. The molecule has 2 aromatic carbocycles. The zero-order chi connectivity index (χ0) is 24.8. The molecule has 35 heavy (non-hydrogen) atoms. The number of carbonyl (C=O) groups is 3. The number of pyridine rings is 1. The molecule has 1 aromatic heterocycles. The number of amides is 2. The lowest BCUT2D eigenvalue weighted by Gasteiger charge is -2.21. The maximum absolute atomic E-state index is 13.2. The predicted molar refractivity (Wildman–Crippen MR) is 134 cm³/mol. The van der Waals surface area contributed by atoms with Gasteiger partial charge in [-0.15, -0.1) is 0 Å². The molecule has 0 saturated carbocycles. The standard InChI is InChI=1S/C27H28N4O4/c1-31-23-16-18(26(33)30-15-7-14-29-24-10-5-6-13-28-24)11-12-20(23)22(17-25(32)35-2)19-8-3-4-9-21(19)27(31)34/h3-6,8-13,16,22H,7,14-15,17H2,1-2H3,(H,28,29)(H,30,33). The zero-order valence-electron chi connectivity index (χ0n) is 19.8. The Balaban J connectivity index is 1.51. The molecule has 3 aromatic rings. The summed E-state index contributed by atoms with van der Waals surface area (Å²) in [6.45, 7) is 1.16. The van der Waals surface area contributed by atoms with Gasteiger partial charge in [-0.1, -0.05) is 30.3 Å². The first-order valence-electron chi connectivity index (χ1n) is 11.5. The van der Waals surface area contributed by atoms with E-state index in [1.54, 1.807) is 42.4 Å². The first-order chi connectivity index (χ1) is 17.0. The Morgan fingerprint density at radius 2 is 1.83 bits per heavy atom. The fourth-order valence-corrected chi connectivity index (χ4v) is 4.27. The zero-order valence-corrected chi connectivity index (χ0v) is 19.8. The molecule has 0 fully saturated rings.